The third-order valence-corrected chi connectivity index (χ3v) is 3.98. The summed E-state index contributed by atoms with van der Waals surface area (Å²) in [6, 6.07) is 14.0. The molecule has 0 unspecified atom stereocenters. The van der Waals surface area contributed by atoms with Crippen molar-refractivity contribution in [1.82, 2.24) is 9.97 Å². The van der Waals surface area contributed by atoms with Crippen LogP contribution in [0.1, 0.15) is 0 Å². The molecular weight excluding hydrogens is 340 g/mol. The van der Waals surface area contributed by atoms with E-state index in [2.05, 4.69) is 9.97 Å². The fraction of sp³-hybridized carbons (Fsp3) is 0.0526. The number of phenolic OH excluding ortho intramolecular Hbond substituents is 1. The predicted molar refractivity (Wildman–Crippen MR) is 99.5 cm³/mol. The fourth-order valence-electron chi connectivity index (χ4n) is 2.43. The van der Waals surface area contributed by atoms with Gasteiger partial charge in [-0.15, -0.1) is 0 Å². The lowest BCUT2D eigenvalue weighted by Gasteiger charge is -2.02. The first-order chi connectivity index (χ1) is 12.1. The fourth-order valence-corrected chi connectivity index (χ4v) is 2.65. The third kappa shape index (κ3) is 3.72. The number of H-pyrrole nitrogens is 1. The van der Waals surface area contributed by atoms with E-state index in [0.29, 0.717) is 10.5 Å². The van der Waals surface area contributed by atoms with E-state index >= 15 is 0 Å². The standard InChI is InChI=1S/C10H8ClNO.C9H7NO2/c1-13-8-2-3-9-7(6-8)4-5-12-10(9)11;11-7-1-2-8-6(5-7)3-4-10-9(8)12/h2-6H,1H3;1-5,11H,(H,10,12). The number of aromatic nitrogens is 2. The van der Waals surface area contributed by atoms with Crippen molar-refractivity contribution in [2.45, 2.75) is 0 Å². The molecule has 0 spiro atoms. The van der Waals surface area contributed by atoms with E-state index in [0.717, 1.165) is 21.9 Å². The molecule has 2 N–H and O–H groups in total. The van der Waals surface area contributed by atoms with Crippen molar-refractivity contribution < 1.29 is 9.84 Å². The Morgan fingerprint density at radius 1 is 1.04 bits per heavy atom. The van der Waals surface area contributed by atoms with E-state index in [9.17, 15) is 4.79 Å². The number of nitrogens with zero attached hydrogens (tertiary/aromatic N) is 1. The lowest BCUT2D eigenvalue weighted by molar-refractivity contribution is 0.415. The molecule has 2 heterocycles. The van der Waals surface area contributed by atoms with Crippen LogP contribution in [0.2, 0.25) is 5.15 Å². The molecule has 0 saturated carbocycles. The Balaban J connectivity index is 0.000000146. The van der Waals surface area contributed by atoms with Gasteiger partial charge in [0.25, 0.3) is 5.56 Å². The summed E-state index contributed by atoms with van der Waals surface area (Å²) in [4.78, 5) is 17.7. The van der Waals surface area contributed by atoms with Crippen LogP contribution in [0, 0.1) is 0 Å². The summed E-state index contributed by atoms with van der Waals surface area (Å²) < 4.78 is 5.10. The molecule has 126 valence electrons. The number of pyridine rings is 2. The highest BCUT2D eigenvalue weighted by molar-refractivity contribution is 6.34. The number of aromatic hydroxyl groups is 1. The van der Waals surface area contributed by atoms with Crippen molar-refractivity contribution in [2.24, 2.45) is 0 Å². The van der Waals surface area contributed by atoms with Crippen LogP contribution in [0.3, 0.4) is 0 Å². The smallest absolute Gasteiger partial charge is 0.255 e. The number of halogens is 1. The van der Waals surface area contributed by atoms with Crippen molar-refractivity contribution >= 4 is 33.1 Å². The molecule has 0 saturated heterocycles. The minimum atomic E-state index is -0.132. The van der Waals surface area contributed by atoms with Gasteiger partial charge in [-0.3, -0.25) is 4.79 Å². The van der Waals surface area contributed by atoms with Crippen LogP contribution in [-0.2, 0) is 0 Å². The van der Waals surface area contributed by atoms with Crippen molar-refractivity contribution in [3.8, 4) is 11.5 Å². The monoisotopic (exact) mass is 354 g/mol. The van der Waals surface area contributed by atoms with Gasteiger partial charge in [-0.05, 0) is 59.3 Å². The molecule has 0 aliphatic rings. The van der Waals surface area contributed by atoms with Gasteiger partial charge in [0, 0.05) is 23.2 Å². The summed E-state index contributed by atoms with van der Waals surface area (Å²) in [7, 11) is 1.64. The van der Waals surface area contributed by atoms with Gasteiger partial charge in [-0.25, -0.2) is 4.98 Å². The summed E-state index contributed by atoms with van der Waals surface area (Å²) in [5.74, 6) is 1.00. The molecule has 0 aliphatic carbocycles. The van der Waals surface area contributed by atoms with Crippen LogP contribution < -0.4 is 10.3 Å². The van der Waals surface area contributed by atoms with Gasteiger partial charge < -0.3 is 14.8 Å². The van der Waals surface area contributed by atoms with Crippen LogP contribution in [-0.4, -0.2) is 22.2 Å². The zero-order chi connectivity index (χ0) is 17.8. The van der Waals surface area contributed by atoms with E-state index in [-0.39, 0.29) is 11.3 Å². The number of nitrogens with one attached hydrogen (secondary N) is 1. The Bertz CT molecular complexity index is 1090. The second-order valence-electron chi connectivity index (χ2n) is 5.27. The Hall–Kier alpha value is -3.05. The van der Waals surface area contributed by atoms with Crippen LogP contribution in [0.5, 0.6) is 11.5 Å². The normalized spacial score (nSPS) is 10.3. The Morgan fingerprint density at radius 3 is 2.60 bits per heavy atom. The number of hydrogen-bond donors (Lipinski definition) is 2. The summed E-state index contributed by atoms with van der Waals surface area (Å²) in [5, 5.41) is 13.0. The topological polar surface area (TPSA) is 75.2 Å². The van der Waals surface area contributed by atoms with Crippen LogP contribution in [0.15, 0.2) is 65.7 Å². The molecule has 0 atom stereocenters. The quantitative estimate of drug-likeness (QED) is 0.504. The van der Waals surface area contributed by atoms with Crippen molar-refractivity contribution in [1.29, 1.82) is 0 Å². The van der Waals surface area contributed by atoms with Gasteiger partial charge >= 0.3 is 0 Å². The molecule has 2 aromatic carbocycles. The molecule has 0 radical (unpaired) electrons. The first-order valence-corrected chi connectivity index (χ1v) is 7.85. The first kappa shape index (κ1) is 16.8. The zero-order valence-corrected chi connectivity index (χ0v) is 14.1. The van der Waals surface area contributed by atoms with Crippen molar-refractivity contribution in [3.63, 3.8) is 0 Å². The number of benzene rings is 2. The molecule has 2 aromatic heterocycles. The van der Waals surface area contributed by atoms with Crippen LogP contribution in [0.4, 0.5) is 0 Å². The molecular formula is C19H15ClN2O3. The van der Waals surface area contributed by atoms with Crippen LogP contribution in [0.25, 0.3) is 21.5 Å². The summed E-state index contributed by atoms with van der Waals surface area (Å²) in [6.07, 6.45) is 3.24. The lowest BCUT2D eigenvalue weighted by Crippen LogP contribution is -2.03. The Morgan fingerprint density at radius 2 is 1.80 bits per heavy atom. The molecule has 0 aliphatic heterocycles. The maximum absolute atomic E-state index is 11.2. The summed E-state index contributed by atoms with van der Waals surface area (Å²) in [6.45, 7) is 0. The Labute approximate surface area is 148 Å². The van der Waals surface area contributed by atoms with Crippen molar-refractivity contribution in [3.05, 3.63) is 76.4 Å². The number of methoxy groups -OCH3 is 1. The van der Waals surface area contributed by atoms with E-state index < -0.39 is 0 Å². The zero-order valence-electron chi connectivity index (χ0n) is 13.4. The third-order valence-electron chi connectivity index (χ3n) is 3.68. The Kier molecular flexibility index (Phi) is 4.86. The van der Waals surface area contributed by atoms with Gasteiger partial charge in [-0.1, -0.05) is 11.6 Å². The SMILES string of the molecule is COc1ccc2c(Cl)nccc2c1.O=c1[nH]ccc2cc(O)ccc12. The summed E-state index contributed by atoms with van der Waals surface area (Å²) >= 11 is 5.90. The molecule has 6 heteroatoms. The average Bonchev–Trinajstić information content (AvgIpc) is 2.62. The minimum absolute atomic E-state index is 0.132. The molecule has 0 fully saturated rings. The van der Waals surface area contributed by atoms with Crippen LogP contribution >= 0.6 is 11.6 Å². The maximum Gasteiger partial charge on any atom is 0.255 e. The predicted octanol–water partition coefficient (Wildman–Crippen LogP) is 4.13. The number of aromatic amines is 1. The number of ether oxygens (including phenoxy) is 1. The highest BCUT2D eigenvalue weighted by Gasteiger charge is 2.00. The molecule has 5 nitrogen and oxygen atoms in total. The second-order valence-corrected chi connectivity index (χ2v) is 5.63. The molecule has 0 bridgehead atoms. The number of phenols is 1. The highest BCUT2D eigenvalue weighted by atomic mass is 35.5. The first-order valence-electron chi connectivity index (χ1n) is 7.47. The molecule has 0 amide bonds. The largest absolute Gasteiger partial charge is 0.508 e. The van der Waals surface area contributed by atoms with Gasteiger partial charge in [0.1, 0.15) is 16.7 Å². The molecule has 4 rings (SSSR count). The average molecular weight is 355 g/mol. The number of hydrogen-bond acceptors (Lipinski definition) is 4. The van der Waals surface area contributed by atoms with Crippen molar-refractivity contribution in [2.75, 3.05) is 7.11 Å². The summed E-state index contributed by atoms with van der Waals surface area (Å²) in [5.41, 5.74) is -0.132. The maximum atomic E-state index is 11.2. The second kappa shape index (κ2) is 7.23. The van der Waals surface area contributed by atoms with Gasteiger partial charge in [0.2, 0.25) is 0 Å². The lowest BCUT2D eigenvalue weighted by atomic mass is 10.2. The van der Waals surface area contributed by atoms with Gasteiger partial charge in [0.15, 0.2) is 0 Å². The minimum Gasteiger partial charge on any atom is -0.508 e. The van der Waals surface area contributed by atoms with E-state index in [1.165, 1.54) is 6.07 Å². The van der Waals surface area contributed by atoms with E-state index in [1.54, 1.807) is 37.7 Å². The van der Waals surface area contributed by atoms with E-state index in [4.69, 9.17) is 21.4 Å². The number of fused-ring (bicyclic) bond motifs is 2. The van der Waals surface area contributed by atoms with Gasteiger partial charge in [-0.2, -0.15) is 0 Å². The number of rotatable bonds is 1. The molecule has 25 heavy (non-hydrogen) atoms. The molecule has 4 aromatic rings. The van der Waals surface area contributed by atoms with E-state index in [1.807, 2.05) is 24.3 Å². The van der Waals surface area contributed by atoms with Gasteiger partial charge in [0.05, 0.1) is 7.11 Å². The highest BCUT2D eigenvalue weighted by Crippen LogP contribution is 2.24.